The molecule has 154 valence electrons. The lowest BCUT2D eigenvalue weighted by molar-refractivity contribution is -0.202. The first-order valence-corrected chi connectivity index (χ1v) is 9.76. The maximum absolute atomic E-state index is 10.1. The maximum atomic E-state index is 10.1. The minimum Gasteiger partial charge on any atom is -0.394 e. The number of aliphatic hydroxyl groups excluding tert-OH is 4. The Morgan fingerprint density at radius 3 is 2.31 bits per heavy atom. The van der Waals surface area contributed by atoms with Crippen molar-refractivity contribution < 1.29 is 39.4 Å². The van der Waals surface area contributed by atoms with Gasteiger partial charge in [0.15, 0.2) is 12.6 Å². The fourth-order valence-electron chi connectivity index (χ4n) is 3.24. The van der Waals surface area contributed by atoms with E-state index in [1.807, 2.05) is 0 Å². The number of aliphatic hydroxyl groups is 4. The van der Waals surface area contributed by atoms with E-state index in [9.17, 15) is 15.3 Å². The van der Waals surface area contributed by atoms with Gasteiger partial charge in [0, 0.05) is 13.0 Å². The minimum atomic E-state index is -1.24. The second-order valence-corrected chi connectivity index (χ2v) is 7.09. The van der Waals surface area contributed by atoms with E-state index in [-0.39, 0.29) is 6.61 Å². The van der Waals surface area contributed by atoms with E-state index in [1.54, 1.807) is 0 Å². The van der Waals surface area contributed by atoms with Gasteiger partial charge >= 0.3 is 0 Å². The fourth-order valence-corrected chi connectivity index (χ4v) is 3.24. The summed E-state index contributed by atoms with van der Waals surface area (Å²) in [5.41, 5.74) is 0. The van der Waals surface area contributed by atoms with Crippen LogP contribution in [-0.4, -0.2) is 83.3 Å². The molecule has 0 bridgehead atoms. The molecule has 2 aliphatic heterocycles. The molecule has 0 aromatic heterocycles. The van der Waals surface area contributed by atoms with Gasteiger partial charge in [-0.1, -0.05) is 39.0 Å². The summed E-state index contributed by atoms with van der Waals surface area (Å²) in [6.07, 6.45) is 1.33. The zero-order chi connectivity index (χ0) is 18.9. The fraction of sp³-hybridized carbons (Fsp3) is 1.00. The molecule has 4 N–H and O–H groups in total. The molecule has 8 nitrogen and oxygen atoms in total. The van der Waals surface area contributed by atoms with Gasteiger partial charge < -0.3 is 39.4 Å². The highest BCUT2D eigenvalue weighted by Gasteiger charge is 2.44. The third-order valence-corrected chi connectivity index (χ3v) is 4.91. The smallest absolute Gasteiger partial charge is 0.186 e. The third kappa shape index (κ3) is 6.38. The molecule has 0 saturated carbocycles. The van der Waals surface area contributed by atoms with Gasteiger partial charge in [-0.15, -0.1) is 0 Å². The van der Waals surface area contributed by atoms with Crippen molar-refractivity contribution in [2.24, 2.45) is 0 Å². The second-order valence-electron chi connectivity index (χ2n) is 7.09. The molecule has 26 heavy (non-hydrogen) atoms. The van der Waals surface area contributed by atoms with Crippen molar-refractivity contribution in [3.63, 3.8) is 0 Å². The van der Waals surface area contributed by atoms with Crippen molar-refractivity contribution in [2.45, 2.75) is 95.0 Å². The molecule has 1 unspecified atom stereocenters. The highest BCUT2D eigenvalue weighted by Crippen LogP contribution is 2.26. The van der Waals surface area contributed by atoms with Gasteiger partial charge in [-0.25, -0.2) is 0 Å². The Kier molecular flexibility index (Phi) is 9.73. The van der Waals surface area contributed by atoms with Crippen LogP contribution < -0.4 is 0 Å². The summed E-state index contributed by atoms with van der Waals surface area (Å²) in [7, 11) is 0. The van der Waals surface area contributed by atoms with Crippen LogP contribution in [-0.2, 0) is 18.9 Å². The largest absolute Gasteiger partial charge is 0.394 e. The Balaban J connectivity index is 1.60. The van der Waals surface area contributed by atoms with Gasteiger partial charge in [0.05, 0.1) is 19.3 Å². The first kappa shape index (κ1) is 22.0. The average Bonchev–Trinajstić information content (AvgIpc) is 3.12. The lowest BCUT2D eigenvalue weighted by Crippen LogP contribution is -2.36. The minimum absolute atomic E-state index is 0.00460. The lowest BCUT2D eigenvalue weighted by Gasteiger charge is -2.20. The van der Waals surface area contributed by atoms with Gasteiger partial charge in [0.25, 0.3) is 0 Å². The van der Waals surface area contributed by atoms with Crippen molar-refractivity contribution in [1.82, 2.24) is 0 Å². The monoisotopic (exact) mass is 378 g/mol. The number of hydrogen-bond acceptors (Lipinski definition) is 8. The summed E-state index contributed by atoms with van der Waals surface area (Å²) in [5.74, 6) is 0. The summed E-state index contributed by atoms with van der Waals surface area (Å²) in [6, 6.07) is 0. The summed E-state index contributed by atoms with van der Waals surface area (Å²) in [5, 5.41) is 38.6. The van der Waals surface area contributed by atoms with Crippen LogP contribution in [0.15, 0.2) is 0 Å². The first-order chi connectivity index (χ1) is 12.6. The summed E-state index contributed by atoms with van der Waals surface area (Å²) < 4.78 is 22.0. The van der Waals surface area contributed by atoms with Gasteiger partial charge in [-0.05, 0) is 6.42 Å². The van der Waals surface area contributed by atoms with Crippen molar-refractivity contribution >= 4 is 0 Å². The van der Waals surface area contributed by atoms with Crippen LogP contribution in [0.25, 0.3) is 0 Å². The van der Waals surface area contributed by atoms with E-state index in [0.29, 0.717) is 13.0 Å². The number of ether oxygens (including phenoxy) is 4. The van der Waals surface area contributed by atoms with Crippen molar-refractivity contribution in [3.8, 4) is 0 Å². The molecule has 2 rings (SSSR count). The van der Waals surface area contributed by atoms with Gasteiger partial charge in [0.1, 0.15) is 24.4 Å². The zero-order valence-corrected chi connectivity index (χ0v) is 15.5. The van der Waals surface area contributed by atoms with Crippen LogP contribution in [0.2, 0.25) is 0 Å². The van der Waals surface area contributed by atoms with Crippen LogP contribution in [0, 0.1) is 0 Å². The standard InChI is InChI=1S/C18H34O8/c1-2-3-4-5-6-7-8-23-15-9-12(20)14(25-15)11-24-18-17(22)16(21)13(10-19)26-18/h12-22H,2-11H2,1H3/t12-,13-,14-,15+,16+,17?,18+/m1/s1. The van der Waals surface area contributed by atoms with Crippen LogP contribution in [0.1, 0.15) is 51.9 Å². The lowest BCUT2D eigenvalue weighted by atomic mass is 10.1. The molecule has 0 aliphatic carbocycles. The van der Waals surface area contributed by atoms with E-state index < -0.39 is 49.7 Å². The van der Waals surface area contributed by atoms with Gasteiger partial charge in [-0.2, -0.15) is 0 Å². The topological polar surface area (TPSA) is 118 Å². The molecular formula is C18H34O8. The number of rotatable bonds is 12. The summed E-state index contributed by atoms with van der Waals surface area (Å²) in [6.45, 7) is 2.39. The number of unbranched alkanes of at least 4 members (excludes halogenated alkanes) is 5. The van der Waals surface area contributed by atoms with Crippen molar-refractivity contribution in [2.75, 3.05) is 19.8 Å². The van der Waals surface area contributed by atoms with Gasteiger partial charge in [-0.3, -0.25) is 0 Å². The van der Waals surface area contributed by atoms with Crippen molar-refractivity contribution in [1.29, 1.82) is 0 Å². The second kappa shape index (κ2) is 11.5. The molecular weight excluding hydrogens is 344 g/mol. The van der Waals surface area contributed by atoms with Crippen LogP contribution in [0.5, 0.6) is 0 Å². The van der Waals surface area contributed by atoms with Crippen LogP contribution >= 0.6 is 0 Å². The Labute approximate surface area is 155 Å². The van der Waals surface area contributed by atoms with E-state index in [0.717, 1.165) is 12.8 Å². The predicted octanol–water partition coefficient (Wildman–Crippen LogP) is 0.295. The van der Waals surface area contributed by atoms with E-state index >= 15 is 0 Å². The molecule has 2 heterocycles. The Bertz CT molecular complexity index is 382. The quantitative estimate of drug-likeness (QED) is 0.358. The van der Waals surface area contributed by atoms with Crippen LogP contribution in [0.4, 0.5) is 0 Å². The molecule has 0 aromatic carbocycles. The highest BCUT2D eigenvalue weighted by molar-refractivity contribution is 4.87. The zero-order valence-electron chi connectivity index (χ0n) is 15.5. The highest BCUT2D eigenvalue weighted by atomic mass is 16.7. The first-order valence-electron chi connectivity index (χ1n) is 9.76. The Morgan fingerprint density at radius 1 is 0.885 bits per heavy atom. The molecule has 2 fully saturated rings. The SMILES string of the molecule is CCCCCCCCO[C@@H]1C[C@@H](O)[C@@H](CO[C@H]2O[C@H](CO)[C@H](O)C2O)O1. The van der Waals surface area contributed by atoms with Crippen molar-refractivity contribution in [3.05, 3.63) is 0 Å². The van der Waals surface area contributed by atoms with E-state index in [1.165, 1.54) is 25.7 Å². The molecule has 0 amide bonds. The van der Waals surface area contributed by atoms with Gasteiger partial charge in [0.2, 0.25) is 0 Å². The molecule has 2 saturated heterocycles. The molecule has 2 aliphatic rings. The predicted molar refractivity (Wildman–Crippen MR) is 92.3 cm³/mol. The molecule has 0 aromatic rings. The molecule has 8 heteroatoms. The molecule has 0 spiro atoms. The average molecular weight is 378 g/mol. The number of hydrogen-bond donors (Lipinski definition) is 4. The normalized spacial score (nSPS) is 37.5. The third-order valence-electron chi connectivity index (χ3n) is 4.91. The maximum Gasteiger partial charge on any atom is 0.186 e. The Morgan fingerprint density at radius 2 is 1.62 bits per heavy atom. The Hall–Kier alpha value is -0.320. The molecule has 7 atom stereocenters. The van der Waals surface area contributed by atoms with E-state index in [2.05, 4.69) is 6.92 Å². The van der Waals surface area contributed by atoms with Crippen LogP contribution in [0.3, 0.4) is 0 Å². The summed E-state index contributed by atoms with van der Waals surface area (Å²) in [4.78, 5) is 0. The summed E-state index contributed by atoms with van der Waals surface area (Å²) >= 11 is 0. The molecule has 0 radical (unpaired) electrons. The van der Waals surface area contributed by atoms with E-state index in [4.69, 9.17) is 24.1 Å².